The molecule has 1 aromatic heterocycles. The molecule has 6 heteroatoms. The molecule has 0 spiro atoms. The molecule has 28 heavy (non-hydrogen) atoms. The molecule has 6 nitrogen and oxygen atoms in total. The number of piperazine rings is 1. The largest absolute Gasteiger partial charge is 0.487 e. The highest BCUT2D eigenvalue weighted by Crippen LogP contribution is 2.41. The van der Waals surface area contributed by atoms with Crippen LogP contribution in [-0.2, 0) is 6.42 Å². The highest BCUT2D eigenvalue weighted by atomic mass is 16.5. The third kappa shape index (κ3) is 4.39. The first-order valence-electron chi connectivity index (χ1n) is 10.0. The number of aliphatic hydroxyl groups excluding tert-OH is 1. The van der Waals surface area contributed by atoms with Gasteiger partial charge in [0.15, 0.2) is 11.5 Å². The van der Waals surface area contributed by atoms with Gasteiger partial charge in [-0.1, -0.05) is 18.2 Å². The van der Waals surface area contributed by atoms with Crippen molar-refractivity contribution in [3.8, 4) is 11.5 Å². The number of rotatable bonds is 6. The molecule has 1 fully saturated rings. The maximum absolute atomic E-state index is 10.5. The smallest absolute Gasteiger partial charge is 0.165 e. The van der Waals surface area contributed by atoms with Gasteiger partial charge in [0.1, 0.15) is 24.1 Å². The third-order valence-electron chi connectivity index (χ3n) is 5.30. The number of β-amino-alcohol motifs (C(OH)–C–C–N with tert-alkyl or cyclic N) is 1. The molecule has 4 rings (SSSR count). The van der Waals surface area contributed by atoms with Crippen LogP contribution >= 0.6 is 0 Å². The van der Waals surface area contributed by atoms with E-state index < -0.39 is 6.10 Å². The van der Waals surface area contributed by atoms with Crippen LogP contribution in [0.4, 0.5) is 5.82 Å². The fraction of sp³-hybridized carbons (Fsp3) is 0.500. The van der Waals surface area contributed by atoms with E-state index in [-0.39, 0.29) is 12.2 Å². The highest BCUT2D eigenvalue weighted by Gasteiger charge is 2.32. The summed E-state index contributed by atoms with van der Waals surface area (Å²) in [4.78, 5) is 8.98. The zero-order chi connectivity index (χ0) is 19.6. The molecule has 0 saturated carbocycles. The average molecular weight is 383 g/mol. The number of para-hydroxylation sites is 1. The summed E-state index contributed by atoms with van der Waals surface area (Å²) >= 11 is 0. The first-order chi connectivity index (χ1) is 13.5. The van der Waals surface area contributed by atoms with Crippen LogP contribution in [0.3, 0.4) is 0 Å². The van der Waals surface area contributed by atoms with Gasteiger partial charge in [0.2, 0.25) is 0 Å². The van der Waals surface area contributed by atoms with Gasteiger partial charge in [-0.05, 0) is 32.0 Å². The molecule has 0 aliphatic carbocycles. The third-order valence-corrected chi connectivity index (χ3v) is 5.30. The summed E-state index contributed by atoms with van der Waals surface area (Å²) < 4.78 is 11.9. The number of aromatic nitrogens is 1. The summed E-state index contributed by atoms with van der Waals surface area (Å²) in [7, 11) is 0. The van der Waals surface area contributed by atoms with E-state index in [1.165, 1.54) is 5.56 Å². The van der Waals surface area contributed by atoms with Crippen molar-refractivity contribution < 1.29 is 14.6 Å². The molecule has 150 valence electrons. The van der Waals surface area contributed by atoms with E-state index in [9.17, 15) is 5.11 Å². The molecule has 2 aliphatic heterocycles. The molecule has 1 aromatic carbocycles. The molecule has 2 aliphatic rings. The summed E-state index contributed by atoms with van der Waals surface area (Å²) in [5, 5.41) is 10.5. The maximum Gasteiger partial charge on any atom is 0.165 e. The number of fused-ring (bicyclic) bond motifs is 1. The molecule has 0 bridgehead atoms. The van der Waals surface area contributed by atoms with E-state index >= 15 is 0 Å². The molecule has 0 unspecified atom stereocenters. The van der Waals surface area contributed by atoms with Gasteiger partial charge in [-0.25, -0.2) is 4.98 Å². The predicted molar refractivity (Wildman–Crippen MR) is 109 cm³/mol. The number of pyridine rings is 1. The summed E-state index contributed by atoms with van der Waals surface area (Å²) in [5.41, 5.74) is 0.968. The molecule has 1 saturated heterocycles. The lowest BCUT2D eigenvalue weighted by molar-refractivity contribution is 0.0631. The Hall–Kier alpha value is -2.31. The average Bonchev–Trinajstić information content (AvgIpc) is 3.02. The van der Waals surface area contributed by atoms with Crippen molar-refractivity contribution in [1.82, 2.24) is 9.88 Å². The minimum Gasteiger partial charge on any atom is -0.487 e. The molecule has 1 N–H and O–H groups in total. The van der Waals surface area contributed by atoms with Crippen LogP contribution in [0.5, 0.6) is 11.5 Å². The van der Waals surface area contributed by atoms with Crippen molar-refractivity contribution in [2.45, 2.75) is 32.0 Å². The first kappa shape index (κ1) is 19.0. The van der Waals surface area contributed by atoms with E-state index in [2.05, 4.69) is 34.7 Å². The van der Waals surface area contributed by atoms with Crippen molar-refractivity contribution in [2.24, 2.45) is 0 Å². The van der Waals surface area contributed by atoms with Crippen molar-refractivity contribution in [3.63, 3.8) is 0 Å². The topological polar surface area (TPSA) is 58.1 Å². The van der Waals surface area contributed by atoms with E-state index in [1.54, 1.807) is 0 Å². The van der Waals surface area contributed by atoms with Crippen LogP contribution in [0.15, 0.2) is 42.6 Å². The Kier molecular flexibility index (Phi) is 5.42. The Balaban J connectivity index is 1.25. The van der Waals surface area contributed by atoms with E-state index in [4.69, 9.17) is 9.47 Å². The Morgan fingerprint density at radius 3 is 2.71 bits per heavy atom. The van der Waals surface area contributed by atoms with Crippen molar-refractivity contribution in [3.05, 3.63) is 48.2 Å². The molecular weight excluding hydrogens is 354 g/mol. The highest BCUT2D eigenvalue weighted by molar-refractivity contribution is 5.50. The van der Waals surface area contributed by atoms with Crippen molar-refractivity contribution in [2.75, 3.05) is 44.2 Å². The number of hydrogen-bond acceptors (Lipinski definition) is 6. The number of benzene rings is 1. The SMILES string of the molecule is CC1(C)Cc2cccc(OC[C@H](O)CN3CCN(c4ccccn4)CC3)c2O1. The molecule has 0 radical (unpaired) electrons. The molecule has 2 aromatic rings. The Labute approximate surface area is 166 Å². The summed E-state index contributed by atoms with van der Waals surface area (Å²) in [6.45, 7) is 8.68. The van der Waals surface area contributed by atoms with Gasteiger partial charge in [-0.2, -0.15) is 0 Å². The van der Waals surface area contributed by atoms with Gasteiger partial charge >= 0.3 is 0 Å². The Bertz CT molecular complexity index is 789. The fourth-order valence-electron chi connectivity index (χ4n) is 3.94. The van der Waals surface area contributed by atoms with Gasteiger partial charge in [0.25, 0.3) is 0 Å². The monoisotopic (exact) mass is 383 g/mol. The van der Waals surface area contributed by atoms with E-state index in [1.807, 2.05) is 36.5 Å². The second-order valence-electron chi connectivity index (χ2n) is 8.22. The van der Waals surface area contributed by atoms with Crippen molar-refractivity contribution in [1.29, 1.82) is 0 Å². The lowest BCUT2D eigenvalue weighted by atomic mass is 10.0. The Morgan fingerprint density at radius 1 is 1.14 bits per heavy atom. The lowest BCUT2D eigenvalue weighted by Gasteiger charge is -2.36. The van der Waals surface area contributed by atoms with Crippen molar-refractivity contribution >= 4 is 5.82 Å². The van der Waals surface area contributed by atoms with Crippen LogP contribution in [0.25, 0.3) is 0 Å². The minimum absolute atomic E-state index is 0.201. The second-order valence-corrected chi connectivity index (χ2v) is 8.22. The van der Waals surface area contributed by atoms with Crippen LogP contribution < -0.4 is 14.4 Å². The summed E-state index contributed by atoms with van der Waals surface area (Å²) in [5.74, 6) is 2.57. The van der Waals surface area contributed by atoms with Crippen LogP contribution in [0, 0.1) is 0 Å². The molecule has 1 atom stereocenters. The van der Waals surface area contributed by atoms with Crippen LogP contribution in [0.1, 0.15) is 19.4 Å². The zero-order valence-corrected chi connectivity index (χ0v) is 16.7. The summed E-state index contributed by atoms with van der Waals surface area (Å²) in [6.07, 6.45) is 2.17. The maximum atomic E-state index is 10.5. The van der Waals surface area contributed by atoms with Gasteiger partial charge in [-0.3, -0.25) is 4.90 Å². The number of aliphatic hydroxyl groups is 1. The number of hydrogen-bond donors (Lipinski definition) is 1. The zero-order valence-electron chi connectivity index (χ0n) is 16.7. The number of ether oxygens (including phenoxy) is 2. The number of nitrogens with zero attached hydrogens (tertiary/aromatic N) is 3. The van der Waals surface area contributed by atoms with E-state index in [0.29, 0.717) is 6.54 Å². The minimum atomic E-state index is -0.535. The summed E-state index contributed by atoms with van der Waals surface area (Å²) in [6, 6.07) is 12.0. The standard InChI is InChI=1S/C22H29N3O3/c1-22(2)14-17-6-5-7-19(21(17)28-22)27-16-18(26)15-24-10-12-25(13-11-24)20-8-3-4-9-23-20/h3-9,18,26H,10-16H2,1-2H3/t18-/m1/s1. The molecular formula is C22H29N3O3. The van der Waals surface area contributed by atoms with Crippen LogP contribution in [-0.4, -0.2) is 66.0 Å². The number of anilines is 1. The normalized spacial score (nSPS) is 19.8. The molecule has 0 amide bonds. The Morgan fingerprint density at radius 2 is 1.96 bits per heavy atom. The van der Waals surface area contributed by atoms with Gasteiger partial charge in [0.05, 0.1) is 0 Å². The fourth-order valence-corrected chi connectivity index (χ4v) is 3.94. The van der Waals surface area contributed by atoms with Gasteiger partial charge in [-0.15, -0.1) is 0 Å². The van der Waals surface area contributed by atoms with Crippen LogP contribution in [0.2, 0.25) is 0 Å². The lowest BCUT2D eigenvalue weighted by Crippen LogP contribution is -2.49. The van der Waals surface area contributed by atoms with E-state index in [0.717, 1.165) is 49.9 Å². The second kappa shape index (κ2) is 7.97. The first-order valence-corrected chi connectivity index (χ1v) is 10.0. The molecule has 3 heterocycles. The van der Waals surface area contributed by atoms with Gasteiger partial charge < -0.3 is 19.5 Å². The van der Waals surface area contributed by atoms with Gasteiger partial charge in [0, 0.05) is 50.9 Å². The predicted octanol–water partition coefficient (Wildman–Crippen LogP) is 2.36. The quantitative estimate of drug-likeness (QED) is 0.826.